The third-order valence-corrected chi connectivity index (χ3v) is 3.80. The Hall–Kier alpha value is -1.33. The molecule has 0 aliphatic carbocycles. The molecule has 5 heteroatoms. The maximum atomic E-state index is 12.3. The SMILES string of the molecule is CCC(CC)N(CCO)CC(=O)N(C)Cc1ccc(C)o1. The largest absolute Gasteiger partial charge is 0.464 e. The zero-order valence-corrected chi connectivity index (χ0v) is 13.6. The molecule has 1 aromatic heterocycles. The van der Waals surface area contributed by atoms with E-state index in [2.05, 4.69) is 18.7 Å². The first-order chi connectivity index (χ1) is 10.0. The van der Waals surface area contributed by atoms with Crippen molar-refractivity contribution in [2.75, 3.05) is 26.7 Å². The number of amides is 1. The maximum Gasteiger partial charge on any atom is 0.236 e. The molecule has 21 heavy (non-hydrogen) atoms. The number of carbonyl (C=O) groups is 1. The van der Waals surface area contributed by atoms with Gasteiger partial charge >= 0.3 is 0 Å². The molecule has 0 aliphatic rings. The predicted molar refractivity (Wildman–Crippen MR) is 82.9 cm³/mol. The monoisotopic (exact) mass is 296 g/mol. The fraction of sp³-hybridized carbons (Fsp3) is 0.688. The van der Waals surface area contributed by atoms with Gasteiger partial charge in [-0.15, -0.1) is 0 Å². The fourth-order valence-corrected chi connectivity index (χ4v) is 2.51. The Morgan fingerprint density at radius 2 is 2.00 bits per heavy atom. The van der Waals surface area contributed by atoms with Crippen molar-refractivity contribution in [3.8, 4) is 0 Å². The molecule has 0 atom stereocenters. The van der Waals surface area contributed by atoms with Gasteiger partial charge in [-0.2, -0.15) is 0 Å². The molecule has 0 bridgehead atoms. The first kappa shape index (κ1) is 17.7. The van der Waals surface area contributed by atoms with Gasteiger partial charge in [0, 0.05) is 19.6 Å². The molecular weight excluding hydrogens is 268 g/mol. The Balaban J connectivity index is 2.59. The number of carbonyl (C=O) groups excluding carboxylic acids is 1. The highest BCUT2D eigenvalue weighted by atomic mass is 16.3. The molecule has 1 N–H and O–H groups in total. The second kappa shape index (κ2) is 8.85. The van der Waals surface area contributed by atoms with Crippen molar-refractivity contribution in [1.29, 1.82) is 0 Å². The van der Waals surface area contributed by atoms with E-state index in [4.69, 9.17) is 4.42 Å². The van der Waals surface area contributed by atoms with E-state index in [1.807, 2.05) is 19.1 Å². The minimum atomic E-state index is 0.0457. The number of hydrogen-bond donors (Lipinski definition) is 1. The number of aryl methyl sites for hydroxylation is 1. The molecule has 5 nitrogen and oxygen atoms in total. The van der Waals surface area contributed by atoms with E-state index >= 15 is 0 Å². The average Bonchev–Trinajstić information content (AvgIpc) is 2.85. The molecule has 1 aromatic rings. The van der Waals surface area contributed by atoms with Crippen LogP contribution in [0.5, 0.6) is 0 Å². The van der Waals surface area contributed by atoms with Gasteiger partial charge in [0.2, 0.25) is 5.91 Å². The van der Waals surface area contributed by atoms with E-state index in [0.29, 0.717) is 25.7 Å². The van der Waals surface area contributed by atoms with Gasteiger partial charge in [-0.25, -0.2) is 0 Å². The molecule has 120 valence electrons. The van der Waals surface area contributed by atoms with Gasteiger partial charge in [0.25, 0.3) is 0 Å². The molecule has 0 saturated carbocycles. The summed E-state index contributed by atoms with van der Waals surface area (Å²) in [5, 5.41) is 9.18. The topological polar surface area (TPSA) is 56.9 Å². The third kappa shape index (κ3) is 5.52. The summed E-state index contributed by atoms with van der Waals surface area (Å²) in [6, 6.07) is 4.13. The van der Waals surface area contributed by atoms with Crippen molar-refractivity contribution in [1.82, 2.24) is 9.80 Å². The lowest BCUT2D eigenvalue weighted by atomic mass is 10.1. The molecule has 1 amide bonds. The number of aliphatic hydroxyl groups excluding tert-OH is 1. The summed E-state index contributed by atoms with van der Waals surface area (Å²) in [5.74, 6) is 1.69. The first-order valence-corrected chi connectivity index (χ1v) is 7.65. The van der Waals surface area contributed by atoms with Gasteiger partial charge in [-0.05, 0) is 31.9 Å². The van der Waals surface area contributed by atoms with E-state index in [0.717, 1.165) is 24.4 Å². The molecule has 0 saturated heterocycles. The number of rotatable bonds is 9. The normalized spacial score (nSPS) is 11.4. The van der Waals surface area contributed by atoms with Crippen molar-refractivity contribution < 1.29 is 14.3 Å². The Labute approximate surface area is 127 Å². The molecule has 0 fully saturated rings. The van der Waals surface area contributed by atoms with Crippen molar-refractivity contribution in [3.63, 3.8) is 0 Å². The average molecular weight is 296 g/mol. The zero-order valence-electron chi connectivity index (χ0n) is 13.6. The van der Waals surface area contributed by atoms with Crippen LogP contribution in [0.3, 0.4) is 0 Å². The molecule has 0 spiro atoms. The Morgan fingerprint density at radius 1 is 1.33 bits per heavy atom. The van der Waals surface area contributed by atoms with Crippen LogP contribution < -0.4 is 0 Å². The summed E-state index contributed by atoms with van der Waals surface area (Å²) in [7, 11) is 1.78. The lowest BCUT2D eigenvalue weighted by molar-refractivity contribution is -0.132. The first-order valence-electron chi connectivity index (χ1n) is 7.65. The van der Waals surface area contributed by atoms with Crippen molar-refractivity contribution in [2.45, 2.75) is 46.2 Å². The summed E-state index contributed by atoms with van der Waals surface area (Å²) in [6.45, 7) is 7.53. The Bertz CT molecular complexity index is 427. The summed E-state index contributed by atoms with van der Waals surface area (Å²) >= 11 is 0. The highest BCUT2D eigenvalue weighted by molar-refractivity contribution is 5.78. The van der Waals surface area contributed by atoms with Crippen molar-refractivity contribution >= 4 is 5.91 Å². The summed E-state index contributed by atoms with van der Waals surface area (Å²) in [6.07, 6.45) is 1.95. The van der Waals surface area contributed by atoms with Crippen LogP contribution in [0.25, 0.3) is 0 Å². The quantitative estimate of drug-likeness (QED) is 0.757. The van der Waals surface area contributed by atoms with E-state index in [1.165, 1.54) is 0 Å². The number of likely N-dealkylation sites (N-methyl/N-ethyl adjacent to an activating group) is 1. The lowest BCUT2D eigenvalue weighted by Gasteiger charge is -2.30. The molecule has 0 aromatic carbocycles. The van der Waals surface area contributed by atoms with Crippen LogP contribution in [0.15, 0.2) is 16.5 Å². The Kier molecular flexibility index (Phi) is 7.47. The van der Waals surface area contributed by atoms with E-state index in [-0.39, 0.29) is 12.5 Å². The smallest absolute Gasteiger partial charge is 0.236 e. The minimum Gasteiger partial charge on any atom is -0.464 e. The van der Waals surface area contributed by atoms with E-state index < -0.39 is 0 Å². The maximum absolute atomic E-state index is 12.3. The third-order valence-electron chi connectivity index (χ3n) is 3.80. The van der Waals surface area contributed by atoms with Gasteiger partial charge in [0.15, 0.2) is 0 Å². The van der Waals surface area contributed by atoms with Crippen molar-refractivity contribution in [3.05, 3.63) is 23.7 Å². The van der Waals surface area contributed by atoms with E-state index in [9.17, 15) is 9.90 Å². The summed E-state index contributed by atoms with van der Waals surface area (Å²) in [5.41, 5.74) is 0. The summed E-state index contributed by atoms with van der Waals surface area (Å²) < 4.78 is 5.50. The highest BCUT2D eigenvalue weighted by Crippen LogP contribution is 2.11. The minimum absolute atomic E-state index is 0.0457. The second-order valence-electron chi connectivity index (χ2n) is 5.43. The van der Waals surface area contributed by atoms with Gasteiger partial charge in [0.1, 0.15) is 11.5 Å². The van der Waals surface area contributed by atoms with Crippen LogP contribution in [-0.4, -0.2) is 53.6 Å². The molecular formula is C16H28N2O3. The predicted octanol–water partition coefficient (Wildman–Crippen LogP) is 2.03. The Morgan fingerprint density at radius 3 is 2.48 bits per heavy atom. The molecule has 0 aliphatic heterocycles. The number of aliphatic hydroxyl groups is 1. The molecule has 0 unspecified atom stereocenters. The molecule has 1 rings (SSSR count). The van der Waals surface area contributed by atoms with Crippen LogP contribution >= 0.6 is 0 Å². The standard InChI is InChI=1S/C16H28N2O3/c1-5-14(6-2)18(9-10-19)12-16(20)17(4)11-15-8-7-13(3)21-15/h7-8,14,19H,5-6,9-12H2,1-4H3. The van der Waals surface area contributed by atoms with Gasteiger partial charge < -0.3 is 14.4 Å². The van der Waals surface area contributed by atoms with E-state index in [1.54, 1.807) is 11.9 Å². The number of furan rings is 1. The van der Waals surface area contributed by atoms with Crippen LogP contribution in [-0.2, 0) is 11.3 Å². The molecule has 0 radical (unpaired) electrons. The zero-order chi connectivity index (χ0) is 15.8. The van der Waals surface area contributed by atoms with Crippen LogP contribution in [0.4, 0.5) is 0 Å². The van der Waals surface area contributed by atoms with Gasteiger partial charge in [0.05, 0.1) is 19.7 Å². The molecule has 1 heterocycles. The number of nitrogens with zero attached hydrogens (tertiary/aromatic N) is 2. The number of hydrogen-bond acceptors (Lipinski definition) is 4. The van der Waals surface area contributed by atoms with Gasteiger partial charge in [-0.3, -0.25) is 9.69 Å². The highest BCUT2D eigenvalue weighted by Gasteiger charge is 2.20. The fourth-order valence-electron chi connectivity index (χ4n) is 2.51. The summed E-state index contributed by atoms with van der Waals surface area (Å²) in [4.78, 5) is 16.1. The van der Waals surface area contributed by atoms with Crippen LogP contribution in [0.1, 0.15) is 38.2 Å². The van der Waals surface area contributed by atoms with Crippen LogP contribution in [0, 0.1) is 6.92 Å². The van der Waals surface area contributed by atoms with Crippen LogP contribution in [0.2, 0.25) is 0 Å². The van der Waals surface area contributed by atoms with Crippen molar-refractivity contribution in [2.24, 2.45) is 0 Å². The van der Waals surface area contributed by atoms with Gasteiger partial charge in [-0.1, -0.05) is 13.8 Å². The lowest BCUT2D eigenvalue weighted by Crippen LogP contribution is -2.44. The second-order valence-corrected chi connectivity index (χ2v) is 5.43.